The number of anilines is 1. The highest BCUT2D eigenvalue weighted by Crippen LogP contribution is 2.28. The van der Waals surface area contributed by atoms with Crippen molar-refractivity contribution in [1.29, 1.82) is 0 Å². The molecule has 1 amide bonds. The van der Waals surface area contributed by atoms with E-state index in [1.54, 1.807) is 21.8 Å². The van der Waals surface area contributed by atoms with Crippen LogP contribution in [0.5, 0.6) is 0 Å². The van der Waals surface area contributed by atoms with Crippen LogP contribution in [0.25, 0.3) is 16.9 Å². The van der Waals surface area contributed by atoms with Crippen molar-refractivity contribution >= 4 is 17.6 Å². The van der Waals surface area contributed by atoms with Crippen LogP contribution >= 0.6 is 0 Å². The van der Waals surface area contributed by atoms with Gasteiger partial charge in [-0.1, -0.05) is 49.7 Å². The molecule has 0 N–H and O–H groups in total. The maximum Gasteiger partial charge on any atom is 0.416 e. The average Bonchev–Trinajstić information content (AvgIpc) is 3.20. The van der Waals surface area contributed by atoms with E-state index in [0.717, 1.165) is 40.9 Å². The first-order valence-corrected chi connectivity index (χ1v) is 11.2. The number of aromatic nitrogens is 4. The third kappa shape index (κ3) is 5.19. The number of ether oxygens (including phenoxy) is 1. The number of pyridine rings is 1. The van der Waals surface area contributed by atoms with Crippen LogP contribution in [0.1, 0.15) is 45.2 Å². The molecule has 0 bridgehead atoms. The van der Waals surface area contributed by atoms with Gasteiger partial charge in [0.05, 0.1) is 18.4 Å². The smallest absolute Gasteiger partial charge is 0.416 e. The summed E-state index contributed by atoms with van der Waals surface area (Å²) in [6.45, 7) is 7.99. The van der Waals surface area contributed by atoms with E-state index in [1.807, 2.05) is 75.5 Å². The fourth-order valence-electron chi connectivity index (χ4n) is 3.62. The quantitative estimate of drug-likeness (QED) is 0.383. The van der Waals surface area contributed by atoms with Crippen LogP contribution in [-0.2, 0) is 17.7 Å². The molecule has 7 nitrogen and oxygen atoms in total. The lowest BCUT2D eigenvalue weighted by molar-refractivity contribution is 0.0575. The summed E-state index contributed by atoms with van der Waals surface area (Å²) in [7, 11) is 0. The minimum absolute atomic E-state index is 0.291. The van der Waals surface area contributed by atoms with E-state index in [-0.39, 0.29) is 0 Å². The molecule has 0 spiro atoms. The minimum atomic E-state index is -0.643. The number of carbonyl (C=O) groups excluding carboxylic acids is 1. The molecule has 170 valence electrons. The van der Waals surface area contributed by atoms with Gasteiger partial charge in [-0.3, -0.25) is 9.88 Å². The Kier molecular flexibility index (Phi) is 6.40. The van der Waals surface area contributed by atoms with Crippen molar-refractivity contribution in [3.63, 3.8) is 0 Å². The Morgan fingerprint density at radius 1 is 1.09 bits per heavy atom. The Bertz CT molecular complexity index is 1230. The fraction of sp³-hybridized carbons (Fsp3) is 0.308. The topological polar surface area (TPSA) is 72.6 Å². The van der Waals surface area contributed by atoms with Crippen LogP contribution in [0.4, 0.5) is 10.6 Å². The van der Waals surface area contributed by atoms with Crippen molar-refractivity contribution in [2.45, 2.75) is 52.7 Å². The molecule has 0 unspecified atom stereocenters. The maximum atomic E-state index is 13.4. The van der Waals surface area contributed by atoms with Gasteiger partial charge in [0.25, 0.3) is 0 Å². The summed E-state index contributed by atoms with van der Waals surface area (Å²) in [5.41, 5.74) is 3.77. The predicted molar refractivity (Wildman–Crippen MR) is 129 cm³/mol. The second-order valence-corrected chi connectivity index (χ2v) is 8.95. The van der Waals surface area contributed by atoms with Gasteiger partial charge in [-0.25, -0.2) is 9.78 Å². The second kappa shape index (κ2) is 9.40. The van der Waals surface area contributed by atoms with Gasteiger partial charge in [-0.05, 0) is 38.8 Å². The molecule has 0 aliphatic heterocycles. The van der Waals surface area contributed by atoms with Gasteiger partial charge in [0.2, 0.25) is 0 Å². The lowest BCUT2D eigenvalue weighted by Crippen LogP contribution is -2.37. The van der Waals surface area contributed by atoms with Crippen LogP contribution in [0.15, 0.2) is 67.1 Å². The number of benzene rings is 1. The van der Waals surface area contributed by atoms with Crippen LogP contribution in [-0.4, -0.2) is 31.3 Å². The molecule has 4 rings (SSSR count). The molecule has 0 saturated heterocycles. The van der Waals surface area contributed by atoms with Gasteiger partial charge >= 0.3 is 6.09 Å². The molecule has 0 radical (unpaired) electrons. The molecule has 3 aromatic heterocycles. The Labute approximate surface area is 194 Å². The number of aryl methyl sites for hydroxylation is 1. The van der Waals surface area contributed by atoms with Gasteiger partial charge in [0.1, 0.15) is 11.4 Å². The standard InChI is InChI=1S/C26H29N5O2/c1-5-10-21-17-28-31-23(15-22(29-24(21)31)20-12-7-6-8-13-20)30(25(32)33-26(2,3)4)18-19-11-9-14-27-16-19/h6-9,11-17H,5,10,18H2,1-4H3. The van der Waals surface area contributed by atoms with Gasteiger partial charge in [0.15, 0.2) is 5.65 Å². The first-order chi connectivity index (χ1) is 15.9. The highest BCUT2D eigenvalue weighted by molar-refractivity contribution is 5.88. The normalized spacial score (nSPS) is 11.5. The third-order valence-electron chi connectivity index (χ3n) is 5.07. The van der Waals surface area contributed by atoms with Gasteiger partial charge in [-0.2, -0.15) is 9.61 Å². The summed E-state index contributed by atoms with van der Waals surface area (Å²) in [5, 5.41) is 4.60. The summed E-state index contributed by atoms with van der Waals surface area (Å²) >= 11 is 0. The minimum Gasteiger partial charge on any atom is -0.443 e. The Hall–Kier alpha value is -3.74. The molecule has 0 atom stereocenters. The van der Waals surface area contributed by atoms with Crippen LogP contribution in [0.2, 0.25) is 0 Å². The molecule has 7 heteroatoms. The fourth-order valence-corrected chi connectivity index (χ4v) is 3.62. The van der Waals surface area contributed by atoms with Crippen molar-refractivity contribution in [3.8, 4) is 11.3 Å². The lowest BCUT2D eigenvalue weighted by Gasteiger charge is -2.28. The highest BCUT2D eigenvalue weighted by atomic mass is 16.6. The zero-order valence-corrected chi connectivity index (χ0v) is 19.5. The lowest BCUT2D eigenvalue weighted by atomic mass is 10.1. The van der Waals surface area contributed by atoms with E-state index in [0.29, 0.717) is 12.4 Å². The number of hydrogen-bond donors (Lipinski definition) is 0. The molecule has 0 fully saturated rings. The van der Waals surface area contributed by atoms with Crippen LogP contribution in [0.3, 0.4) is 0 Å². The van der Waals surface area contributed by atoms with Crippen LogP contribution in [0, 0.1) is 0 Å². The highest BCUT2D eigenvalue weighted by Gasteiger charge is 2.27. The van der Waals surface area contributed by atoms with E-state index < -0.39 is 11.7 Å². The molecule has 0 saturated carbocycles. The zero-order chi connectivity index (χ0) is 23.4. The van der Waals surface area contributed by atoms with Gasteiger partial charge in [-0.15, -0.1) is 0 Å². The zero-order valence-electron chi connectivity index (χ0n) is 19.5. The van der Waals surface area contributed by atoms with E-state index >= 15 is 0 Å². The molecule has 0 aliphatic carbocycles. The SMILES string of the molecule is CCCc1cnn2c(N(Cc3cccnc3)C(=O)OC(C)(C)C)cc(-c3ccccc3)nc12. The molecular formula is C26H29N5O2. The molecule has 33 heavy (non-hydrogen) atoms. The second-order valence-electron chi connectivity index (χ2n) is 8.95. The summed E-state index contributed by atoms with van der Waals surface area (Å²) in [4.78, 5) is 24.1. The van der Waals surface area contributed by atoms with Gasteiger partial charge in [0, 0.05) is 29.6 Å². The van der Waals surface area contributed by atoms with Gasteiger partial charge < -0.3 is 4.74 Å². The van der Waals surface area contributed by atoms with E-state index in [9.17, 15) is 4.79 Å². The molecule has 1 aromatic carbocycles. The van der Waals surface area contributed by atoms with E-state index in [4.69, 9.17) is 9.72 Å². The summed E-state index contributed by atoms with van der Waals surface area (Å²) in [5.74, 6) is 0.597. The largest absolute Gasteiger partial charge is 0.443 e. The third-order valence-corrected chi connectivity index (χ3v) is 5.07. The maximum absolute atomic E-state index is 13.4. The predicted octanol–water partition coefficient (Wildman–Crippen LogP) is 5.69. The van der Waals surface area contributed by atoms with E-state index in [1.165, 1.54) is 0 Å². The summed E-state index contributed by atoms with van der Waals surface area (Å²) in [6, 6.07) is 15.6. The Morgan fingerprint density at radius 3 is 2.55 bits per heavy atom. The number of hydrogen-bond acceptors (Lipinski definition) is 5. The summed E-state index contributed by atoms with van der Waals surface area (Å²) in [6.07, 6.45) is 6.67. The van der Waals surface area contributed by atoms with Crippen molar-refractivity contribution in [1.82, 2.24) is 19.6 Å². The molecular weight excluding hydrogens is 414 g/mol. The number of carbonyl (C=O) groups is 1. The van der Waals surface area contributed by atoms with Crippen molar-refractivity contribution in [3.05, 3.63) is 78.2 Å². The average molecular weight is 444 g/mol. The monoisotopic (exact) mass is 443 g/mol. The Balaban J connectivity index is 1.90. The van der Waals surface area contributed by atoms with Crippen LogP contribution < -0.4 is 4.90 Å². The Morgan fingerprint density at radius 2 is 1.88 bits per heavy atom. The number of rotatable bonds is 6. The molecule has 0 aliphatic rings. The molecule has 3 heterocycles. The first-order valence-electron chi connectivity index (χ1n) is 11.2. The number of nitrogens with zero attached hydrogens (tertiary/aromatic N) is 5. The number of fused-ring (bicyclic) bond motifs is 1. The first kappa shape index (κ1) is 22.5. The van der Waals surface area contributed by atoms with Crippen molar-refractivity contribution < 1.29 is 9.53 Å². The van der Waals surface area contributed by atoms with Crippen molar-refractivity contribution in [2.75, 3.05) is 4.90 Å². The number of amides is 1. The molecule has 4 aromatic rings. The van der Waals surface area contributed by atoms with Crippen molar-refractivity contribution in [2.24, 2.45) is 0 Å². The van der Waals surface area contributed by atoms with E-state index in [2.05, 4.69) is 17.0 Å². The summed E-state index contributed by atoms with van der Waals surface area (Å²) < 4.78 is 7.51.